The third-order valence-corrected chi connectivity index (χ3v) is 5.67. The highest BCUT2D eigenvalue weighted by atomic mass is 35.5. The Morgan fingerprint density at radius 1 is 1.22 bits per heavy atom. The van der Waals surface area contributed by atoms with E-state index in [0.717, 1.165) is 33.3 Å². The molecule has 0 radical (unpaired) electrons. The lowest BCUT2D eigenvalue weighted by Gasteiger charge is -2.12. The van der Waals surface area contributed by atoms with Crippen LogP contribution in [0.2, 0.25) is 10.0 Å². The van der Waals surface area contributed by atoms with E-state index in [1.165, 1.54) is 11.3 Å². The van der Waals surface area contributed by atoms with Gasteiger partial charge in [0.2, 0.25) is 0 Å². The van der Waals surface area contributed by atoms with Crippen molar-refractivity contribution in [3.63, 3.8) is 0 Å². The summed E-state index contributed by atoms with van der Waals surface area (Å²) >= 11 is 13.8. The molecule has 2 aromatic carbocycles. The van der Waals surface area contributed by atoms with Gasteiger partial charge in [-0.05, 0) is 36.6 Å². The van der Waals surface area contributed by atoms with Crippen molar-refractivity contribution in [2.45, 2.75) is 20.3 Å². The minimum Gasteiger partial charge on any atom is -0.321 e. The van der Waals surface area contributed by atoms with Gasteiger partial charge in [0.1, 0.15) is 4.88 Å². The number of hydrogen-bond acceptors (Lipinski definition) is 2. The molecule has 0 aliphatic heterocycles. The first kappa shape index (κ1) is 16.3. The highest BCUT2D eigenvalue weighted by molar-refractivity contribution is 7.21. The fourth-order valence-electron chi connectivity index (χ4n) is 2.56. The molecule has 0 unspecified atom stereocenters. The summed E-state index contributed by atoms with van der Waals surface area (Å²) in [5.74, 6) is -0.184. The molecule has 0 atom stereocenters. The summed E-state index contributed by atoms with van der Waals surface area (Å²) < 4.78 is 0.910. The van der Waals surface area contributed by atoms with E-state index in [1.807, 2.05) is 37.3 Å². The average Bonchev–Trinajstić information content (AvgIpc) is 2.85. The van der Waals surface area contributed by atoms with Gasteiger partial charge in [-0.15, -0.1) is 11.3 Å². The molecule has 0 spiro atoms. The normalized spacial score (nSPS) is 11.0. The van der Waals surface area contributed by atoms with E-state index in [9.17, 15) is 4.79 Å². The molecule has 23 heavy (non-hydrogen) atoms. The van der Waals surface area contributed by atoms with Crippen molar-refractivity contribution < 1.29 is 4.79 Å². The summed E-state index contributed by atoms with van der Waals surface area (Å²) in [7, 11) is 0. The summed E-state index contributed by atoms with van der Waals surface area (Å²) in [5, 5.41) is 4.98. The highest BCUT2D eigenvalue weighted by Crippen LogP contribution is 2.37. The maximum absolute atomic E-state index is 12.7. The van der Waals surface area contributed by atoms with Crippen LogP contribution in [0.4, 0.5) is 5.69 Å². The lowest BCUT2D eigenvalue weighted by molar-refractivity contribution is 0.103. The van der Waals surface area contributed by atoms with E-state index in [1.54, 1.807) is 6.07 Å². The maximum Gasteiger partial charge on any atom is 0.267 e. The minimum atomic E-state index is -0.184. The van der Waals surface area contributed by atoms with Crippen LogP contribution in [0.1, 0.15) is 27.7 Å². The predicted molar refractivity (Wildman–Crippen MR) is 100 cm³/mol. The second kappa shape index (κ2) is 6.52. The van der Waals surface area contributed by atoms with Gasteiger partial charge in [0.05, 0.1) is 5.02 Å². The van der Waals surface area contributed by atoms with Gasteiger partial charge in [-0.2, -0.15) is 0 Å². The number of anilines is 1. The topological polar surface area (TPSA) is 29.1 Å². The molecule has 0 saturated heterocycles. The number of halogens is 2. The van der Waals surface area contributed by atoms with Gasteiger partial charge in [-0.3, -0.25) is 4.79 Å². The molecular formula is C18H15Cl2NOS. The highest BCUT2D eigenvalue weighted by Gasteiger charge is 2.18. The Hall–Kier alpha value is -1.55. The molecule has 1 amide bonds. The average molecular weight is 364 g/mol. The lowest BCUT2D eigenvalue weighted by atomic mass is 10.1. The second-order valence-electron chi connectivity index (χ2n) is 5.30. The Morgan fingerprint density at radius 2 is 2.00 bits per heavy atom. The number of hydrogen-bond donors (Lipinski definition) is 1. The monoisotopic (exact) mass is 363 g/mol. The number of carbonyl (C=O) groups is 1. The van der Waals surface area contributed by atoms with Crippen LogP contribution in [0.5, 0.6) is 0 Å². The second-order valence-corrected chi connectivity index (χ2v) is 7.17. The first-order valence-electron chi connectivity index (χ1n) is 7.28. The number of benzene rings is 2. The molecule has 0 fully saturated rings. The molecule has 1 aromatic heterocycles. The van der Waals surface area contributed by atoms with Crippen LogP contribution in [0.25, 0.3) is 10.1 Å². The van der Waals surface area contributed by atoms with Crippen molar-refractivity contribution in [3.05, 3.63) is 62.4 Å². The summed E-state index contributed by atoms with van der Waals surface area (Å²) in [5.41, 5.74) is 3.02. The molecule has 0 bridgehead atoms. The third kappa shape index (κ3) is 3.09. The summed E-state index contributed by atoms with van der Waals surface area (Å²) in [6.07, 6.45) is 0.854. The number of aryl methyl sites for hydroxylation is 2. The fourth-order valence-corrected chi connectivity index (χ4v) is 4.25. The van der Waals surface area contributed by atoms with E-state index in [2.05, 4.69) is 12.2 Å². The number of para-hydroxylation sites is 1. The van der Waals surface area contributed by atoms with Crippen LogP contribution in [0.15, 0.2) is 36.4 Å². The Labute approximate surface area is 149 Å². The molecule has 2 nitrogen and oxygen atoms in total. The number of thiophene rings is 1. The van der Waals surface area contributed by atoms with Gasteiger partial charge in [0, 0.05) is 20.8 Å². The number of carbonyl (C=O) groups excluding carboxylic acids is 1. The largest absolute Gasteiger partial charge is 0.321 e. The van der Waals surface area contributed by atoms with Crippen molar-refractivity contribution in [2.75, 3.05) is 5.32 Å². The van der Waals surface area contributed by atoms with Gasteiger partial charge in [-0.1, -0.05) is 54.4 Å². The minimum absolute atomic E-state index is 0.184. The fraction of sp³-hybridized carbons (Fsp3) is 0.167. The molecule has 0 saturated carbocycles. The summed E-state index contributed by atoms with van der Waals surface area (Å²) in [6, 6.07) is 11.5. The van der Waals surface area contributed by atoms with Crippen LogP contribution in [-0.4, -0.2) is 5.91 Å². The zero-order valence-corrected chi connectivity index (χ0v) is 15.1. The van der Waals surface area contributed by atoms with E-state index < -0.39 is 0 Å². The van der Waals surface area contributed by atoms with Crippen LogP contribution >= 0.6 is 34.5 Å². The third-order valence-electron chi connectivity index (χ3n) is 3.78. The molecule has 0 aliphatic rings. The number of nitrogens with one attached hydrogen (secondary N) is 1. The molecule has 3 rings (SSSR count). The van der Waals surface area contributed by atoms with Crippen LogP contribution in [0.3, 0.4) is 0 Å². The quantitative estimate of drug-likeness (QED) is 0.578. The zero-order chi connectivity index (χ0) is 16.6. The molecule has 0 aliphatic carbocycles. The Morgan fingerprint density at radius 3 is 2.74 bits per heavy atom. The SMILES string of the molecule is CCc1cccc(C)c1NC(=O)c1sc2cc(Cl)ccc2c1Cl. The lowest BCUT2D eigenvalue weighted by Crippen LogP contribution is -2.13. The van der Waals surface area contributed by atoms with Gasteiger partial charge in [0.25, 0.3) is 5.91 Å². The van der Waals surface area contributed by atoms with Crippen molar-refractivity contribution in [2.24, 2.45) is 0 Å². The number of fused-ring (bicyclic) bond motifs is 1. The maximum atomic E-state index is 12.7. The van der Waals surface area contributed by atoms with E-state index >= 15 is 0 Å². The van der Waals surface area contributed by atoms with Crippen LogP contribution < -0.4 is 5.32 Å². The van der Waals surface area contributed by atoms with Crippen molar-refractivity contribution in [1.82, 2.24) is 0 Å². The van der Waals surface area contributed by atoms with Crippen molar-refractivity contribution >= 4 is 56.2 Å². The van der Waals surface area contributed by atoms with Gasteiger partial charge in [0.15, 0.2) is 0 Å². The Bertz CT molecular complexity index is 901. The first-order valence-corrected chi connectivity index (χ1v) is 8.86. The van der Waals surface area contributed by atoms with Crippen LogP contribution in [-0.2, 0) is 6.42 Å². The summed E-state index contributed by atoms with van der Waals surface area (Å²) in [6.45, 7) is 4.06. The number of amides is 1. The molecule has 1 heterocycles. The predicted octanol–water partition coefficient (Wildman–Crippen LogP) is 6.33. The molecule has 3 aromatic rings. The molecule has 118 valence electrons. The number of rotatable bonds is 3. The summed E-state index contributed by atoms with van der Waals surface area (Å²) in [4.78, 5) is 13.2. The Balaban J connectivity index is 2.00. The zero-order valence-electron chi connectivity index (χ0n) is 12.7. The van der Waals surface area contributed by atoms with Crippen molar-refractivity contribution in [1.29, 1.82) is 0 Å². The first-order chi connectivity index (χ1) is 11.0. The smallest absolute Gasteiger partial charge is 0.267 e. The van der Waals surface area contributed by atoms with E-state index in [0.29, 0.717) is 14.9 Å². The molecule has 1 N–H and O–H groups in total. The van der Waals surface area contributed by atoms with Gasteiger partial charge < -0.3 is 5.32 Å². The van der Waals surface area contributed by atoms with E-state index in [-0.39, 0.29) is 5.91 Å². The molecule has 5 heteroatoms. The standard InChI is InChI=1S/C18H15Cl2NOS/c1-3-11-6-4-5-10(2)16(11)21-18(22)17-15(20)13-8-7-12(19)9-14(13)23-17/h4-9H,3H2,1-2H3,(H,21,22). The van der Waals surface area contributed by atoms with Crippen LogP contribution in [0, 0.1) is 6.92 Å². The molecular weight excluding hydrogens is 349 g/mol. The van der Waals surface area contributed by atoms with Gasteiger partial charge >= 0.3 is 0 Å². The Kier molecular flexibility index (Phi) is 4.62. The van der Waals surface area contributed by atoms with E-state index in [4.69, 9.17) is 23.2 Å². The van der Waals surface area contributed by atoms with Gasteiger partial charge in [-0.25, -0.2) is 0 Å². The van der Waals surface area contributed by atoms with Crippen molar-refractivity contribution in [3.8, 4) is 0 Å².